The second-order valence-corrected chi connectivity index (χ2v) is 5.06. The molecule has 0 fully saturated rings. The number of carboxylic acids is 1. The van der Waals surface area contributed by atoms with Gasteiger partial charge in [0.05, 0.1) is 6.42 Å². The molecule has 0 radical (unpaired) electrons. The molecule has 0 aliphatic carbocycles. The molecular weight excluding hydrogens is 190 g/mol. The predicted octanol–water partition coefficient (Wildman–Crippen LogP) is 2.32. The van der Waals surface area contributed by atoms with Crippen LogP contribution in [0.2, 0.25) is 0 Å². The molecule has 0 aliphatic heterocycles. The van der Waals surface area contributed by atoms with Crippen molar-refractivity contribution in [3.05, 3.63) is 0 Å². The van der Waals surface area contributed by atoms with Crippen molar-refractivity contribution >= 4 is 5.97 Å². The highest BCUT2D eigenvalue weighted by atomic mass is 16.4. The summed E-state index contributed by atoms with van der Waals surface area (Å²) in [6.45, 7) is 10.6. The Bertz CT molecular complexity index is 182. The van der Waals surface area contributed by atoms with Crippen LogP contribution in [0.3, 0.4) is 0 Å². The molecule has 15 heavy (non-hydrogen) atoms. The Kier molecular flexibility index (Phi) is 6.57. The summed E-state index contributed by atoms with van der Waals surface area (Å²) in [4.78, 5) is 12.6. The number of rotatable bonds is 7. The molecule has 0 atom stereocenters. The molecular formula is C12H25NO2. The van der Waals surface area contributed by atoms with E-state index in [0.717, 1.165) is 6.54 Å². The zero-order chi connectivity index (χ0) is 12.0. The van der Waals surface area contributed by atoms with Crippen molar-refractivity contribution in [3.63, 3.8) is 0 Å². The van der Waals surface area contributed by atoms with Crippen molar-refractivity contribution < 1.29 is 9.90 Å². The normalized spacial score (nSPS) is 12.1. The van der Waals surface area contributed by atoms with Gasteiger partial charge >= 0.3 is 5.97 Å². The first-order chi connectivity index (χ1) is 6.84. The van der Waals surface area contributed by atoms with Crippen LogP contribution in [0.1, 0.15) is 34.1 Å². The third kappa shape index (κ3) is 6.50. The van der Waals surface area contributed by atoms with E-state index in [4.69, 9.17) is 5.11 Å². The SMILES string of the molecule is CC(C)C(CN(C)CCC(=O)O)C(C)C. The van der Waals surface area contributed by atoms with Gasteiger partial charge in [0.2, 0.25) is 0 Å². The van der Waals surface area contributed by atoms with Crippen molar-refractivity contribution in [2.45, 2.75) is 34.1 Å². The highest BCUT2D eigenvalue weighted by molar-refractivity contribution is 5.66. The maximum Gasteiger partial charge on any atom is 0.304 e. The van der Waals surface area contributed by atoms with E-state index in [1.165, 1.54) is 0 Å². The average molecular weight is 215 g/mol. The van der Waals surface area contributed by atoms with Gasteiger partial charge in [-0.15, -0.1) is 0 Å². The molecule has 1 N–H and O–H groups in total. The summed E-state index contributed by atoms with van der Waals surface area (Å²) in [6, 6.07) is 0. The molecule has 3 nitrogen and oxygen atoms in total. The minimum Gasteiger partial charge on any atom is -0.481 e. The van der Waals surface area contributed by atoms with Gasteiger partial charge in [-0.25, -0.2) is 0 Å². The van der Waals surface area contributed by atoms with E-state index in [0.29, 0.717) is 24.3 Å². The Hall–Kier alpha value is -0.570. The van der Waals surface area contributed by atoms with Gasteiger partial charge in [0, 0.05) is 13.1 Å². The topological polar surface area (TPSA) is 40.5 Å². The Balaban J connectivity index is 4.00. The molecule has 0 aromatic heterocycles. The van der Waals surface area contributed by atoms with Gasteiger partial charge in [0.25, 0.3) is 0 Å². The number of hydrogen-bond donors (Lipinski definition) is 1. The third-order valence-corrected chi connectivity index (χ3v) is 2.94. The van der Waals surface area contributed by atoms with E-state index in [1.807, 2.05) is 7.05 Å². The Morgan fingerprint density at radius 2 is 1.67 bits per heavy atom. The van der Waals surface area contributed by atoms with Crippen molar-refractivity contribution in [1.82, 2.24) is 4.90 Å². The van der Waals surface area contributed by atoms with Gasteiger partial charge < -0.3 is 10.0 Å². The minimum atomic E-state index is -0.715. The first-order valence-electron chi connectivity index (χ1n) is 5.75. The van der Waals surface area contributed by atoms with Crippen LogP contribution in [0.25, 0.3) is 0 Å². The maximum atomic E-state index is 10.4. The second kappa shape index (κ2) is 6.83. The quantitative estimate of drug-likeness (QED) is 0.708. The summed E-state index contributed by atoms with van der Waals surface area (Å²) in [7, 11) is 2.00. The van der Waals surface area contributed by atoms with Crippen molar-refractivity contribution in [1.29, 1.82) is 0 Å². The van der Waals surface area contributed by atoms with Crippen molar-refractivity contribution in [3.8, 4) is 0 Å². The lowest BCUT2D eigenvalue weighted by Crippen LogP contribution is -2.32. The molecule has 0 saturated carbocycles. The van der Waals surface area contributed by atoms with E-state index in [-0.39, 0.29) is 6.42 Å². The zero-order valence-corrected chi connectivity index (χ0v) is 10.7. The molecule has 0 bridgehead atoms. The summed E-state index contributed by atoms with van der Waals surface area (Å²) >= 11 is 0. The minimum absolute atomic E-state index is 0.236. The third-order valence-electron chi connectivity index (χ3n) is 2.94. The predicted molar refractivity (Wildman–Crippen MR) is 62.9 cm³/mol. The zero-order valence-electron chi connectivity index (χ0n) is 10.7. The van der Waals surface area contributed by atoms with E-state index in [1.54, 1.807) is 0 Å². The number of nitrogens with zero attached hydrogens (tertiary/aromatic N) is 1. The van der Waals surface area contributed by atoms with Crippen molar-refractivity contribution in [2.24, 2.45) is 17.8 Å². The highest BCUT2D eigenvalue weighted by Gasteiger charge is 2.19. The number of carboxylic acid groups (broad SMARTS) is 1. The molecule has 0 aromatic carbocycles. The maximum absolute atomic E-state index is 10.4. The summed E-state index contributed by atoms with van der Waals surface area (Å²) in [5.74, 6) is 1.23. The van der Waals surface area contributed by atoms with Crippen LogP contribution >= 0.6 is 0 Å². The Morgan fingerprint density at radius 3 is 2.00 bits per heavy atom. The van der Waals surface area contributed by atoms with Gasteiger partial charge in [0.1, 0.15) is 0 Å². The molecule has 3 heteroatoms. The van der Waals surface area contributed by atoms with E-state index in [2.05, 4.69) is 32.6 Å². The molecule has 0 aliphatic rings. The van der Waals surface area contributed by atoms with E-state index < -0.39 is 5.97 Å². The molecule has 0 heterocycles. The number of hydrogen-bond acceptors (Lipinski definition) is 2. The molecule has 0 amide bonds. The van der Waals surface area contributed by atoms with Gasteiger partial charge in [-0.2, -0.15) is 0 Å². The summed E-state index contributed by atoms with van der Waals surface area (Å²) in [6.07, 6.45) is 0.236. The van der Waals surface area contributed by atoms with Crippen LogP contribution in [0.5, 0.6) is 0 Å². The fourth-order valence-corrected chi connectivity index (χ4v) is 1.93. The fraction of sp³-hybridized carbons (Fsp3) is 0.917. The summed E-state index contributed by atoms with van der Waals surface area (Å²) in [5, 5.41) is 8.59. The monoisotopic (exact) mass is 215 g/mol. The Labute approximate surface area is 93.5 Å². The van der Waals surface area contributed by atoms with Crippen molar-refractivity contribution in [2.75, 3.05) is 20.1 Å². The summed E-state index contributed by atoms with van der Waals surface area (Å²) in [5.41, 5.74) is 0. The van der Waals surface area contributed by atoms with Gasteiger partial charge in [-0.05, 0) is 24.8 Å². The van der Waals surface area contributed by atoms with Crippen LogP contribution < -0.4 is 0 Å². The largest absolute Gasteiger partial charge is 0.481 e. The molecule has 0 spiro atoms. The van der Waals surface area contributed by atoms with Gasteiger partial charge in [0.15, 0.2) is 0 Å². The van der Waals surface area contributed by atoms with Gasteiger partial charge in [-0.3, -0.25) is 4.79 Å². The first-order valence-corrected chi connectivity index (χ1v) is 5.75. The average Bonchev–Trinajstić information content (AvgIpc) is 2.09. The lowest BCUT2D eigenvalue weighted by Gasteiger charge is -2.29. The first kappa shape index (κ1) is 14.4. The van der Waals surface area contributed by atoms with Gasteiger partial charge in [-0.1, -0.05) is 27.7 Å². The summed E-state index contributed by atoms with van der Waals surface area (Å²) < 4.78 is 0. The molecule has 0 rings (SSSR count). The van der Waals surface area contributed by atoms with E-state index in [9.17, 15) is 4.79 Å². The lowest BCUT2D eigenvalue weighted by molar-refractivity contribution is -0.137. The number of aliphatic carboxylic acids is 1. The number of carbonyl (C=O) groups is 1. The Morgan fingerprint density at radius 1 is 1.20 bits per heavy atom. The molecule has 0 aromatic rings. The second-order valence-electron chi connectivity index (χ2n) is 5.06. The van der Waals surface area contributed by atoms with E-state index >= 15 is 0 Å². The smallest absolute Gasteiger partial charge is 0.304 e. The standard InChI is InChI=1S/C12H25NO2/c1-9(2)11(10(3)4)8-13(5)7-6-12(14)15/h9-11H,6-8H2,1-5H3,(H,14,15). The molecule has 0 unspecified atom stereocenters. The van der Waals surface area contributed by atoms with Crippen LogP contribution in [-0.4, -0.2) is 36.1 Å². The lowest BCUT2D eigenvalue weighted by atomic mass is 9.85. The van der Waals surface area contributed by atoms with Crippen LogP contribution in [0.4, 0.5) is 0 Å². The highest BCUT2D eigenvalue weighted by Crippen LogP contribution is 2.21. The van der Waals surface area contributed by atoms with Crippen LogP contribution in [0.15, 0.2) is 0 Å². The van der Waals surface area contributed by atoms with Crippen LogP contribution in [0, 0.1) is 17.8 Å². The molecule has 90 valence electrons. The fourth-order valence-electron chi connectivity index (χ4n) is 1.93. The van der Waals surface area contributed by atoms with Crippen LogP contribution in [-0.2, 0) is 4.79 Å². The molecule has 0 saturated heterocycles.